The van der Waals surface area contributed by atoms with Crippen molar-refractivity contribution in [1.82, 2.24) is 9.47 Å². The van der Waals surface area contributed by atoms with Gasteiger partial charge in [0, 0.05) is 71.0 Å². The number of carbonyl (C=O) groups excluding carboxylic acids is 2. The minimum absolute atomic E-state index is 0.100. The average molecular weight is 589 g/mol. The summed E-state index contributed by atoms with van der Waals surface area (Å²) in [5, 5.41) is 1.15. The minimum Gasteiger partial charge on any atom is -0.345 e. The first kappa shape index (κ1) is 29.3. The van der Waals surface area contributed by atoms with Crippen molar-refractivity contribution in [2.45, 2.75) is 118 Å². The van der Waals surface area contributed by atoms with E-state index >= 15 is 0 Å². The zero-order chi connectivity index (χ0) is 31.0. The third-order valence-electron chi connectivity index (χ3n) is 10.9. The second-order valence-corrected chi connectivity index (χ2v) is 15.8. The number of nitrogens with zero attached hydrogens (tertiary/aromatic N) is 2. The topological polar surface area (TPSA) is 42.3 Å². The van der Waals surface area contributed by atoms with E-state index in [1.807, 2.05) is 0 Å². The smallest absolute Gasteiger partial charge is 0.162 e. The monoisotopic (exact) mass is 588 g/mol. The number of aryl methyl sites for hydroxylation is 2. The van der Waals surface area contributed by atoms with Gasteiger partial charge in [0.1, 0.15) is 0 Å². The summed E-state index contributed by atoms with van der Waals surface area (Å²) in [6, 6.07) is 15.7. The third kappa shape index (κ3) is 4.99. The Morgan fingerprint density at radius 1 is 0.750 bits per heavy atom. The molecule has 1 saturated carbocycles. The van der Waals surface area contributed by atoms with Crippen molar-refractivity contribution in [3.63, 3.8) is 0 Å². The molecule has 1 aliphatic heterocycles. The van der Waals surface area contributed by atoms with Crippen LogP contribution in [0.2, 0.25) is 0 Å². The van der Waals surface area contributed by atoms with Gasteiger partial charge in [-0.25, -0.2) is 0 Å². The van der Waals surface area contributed by atoms with Crippen LogP contribution in [0.5, 0.6) is 0 Å². The van der Waals surface area contributed by atoms with Crippen LogP contribution in [0.15, 0.2) is 71.2 Å². The molecule has 3 aromatic rings. The van der Waals surface area contributed by atoms with Gasteiger partial charge in [0.2, 0.25) is 0 Å². The summed E-state index contributed by atoms with van der Waals surface area (Å²) >= 11 is 0. The number of rotatable bonds is 4. The number of ketones is 2. The molecule has 2 heterocycles. The van der Waals surface area contributed by atoms with Gasteiger partial charge in [-0.3, -0.25) is 9.59 Å². The van der Waals surface area contributed by atoms with Gasteiger partial charge in [-0.15, -0.1) is 0 Å². The molecule has 0 radical (unpaired) electrons. The highest BCUT2D eigenvalue weighted by molar-refractivity contribution is 6.08. The number of benzene rings is 2. The summed E-state index contributed by atoms with van der Waals surface area (Å²) < 4.78 is 2.34. The molecular formula is C40H48N2O2. The maximum atomic E-state index is 14.4. The third-order valence-corrected chi connectivity index (χ3v) is 10.9. The molecule has 0 amide bonds. The molecule has 0 bridgehead atoms. The number of fused-ring (bicyclic) bond motifs is 1. The molecule has 0 spiro atoms. The molecule has 2 aromatic carbocycles. The van der Waals surface area contributed by atoms with E-state index in [0.717, 1.165) is 59.8 Å². The summed E-state index contributed by atoms with van der Waals surface area (Å²) in [6.07, 6.45) is 11.1. The first-order valence-corrected chi connectivity index (χ1v) is 16.9. The van der Waals surface area contributed by atoms with Crippen LogP contribution in [0, 0.1) is 24.7 Å². The molecule has 4 heteroatoms. The lowest BCUT2D eigenvalue weighted by Gasteiger charge is -2.52. The number of para-hydroxylation sites is 1. The summed E-state index contributed by atoms with van der Waals surface area (Å²) in [4.78, 5) is 31.5. The van der Waals surface area contributed by atoms with E-state index in [-0.39, 0.29) is 28.3 Å². The van der Waals surface area contributed by atoms with Crippen molar-refractivity contribution < 1.29 is 9.59 Å². The van der Waals surface area contributed by atoms with Crippen molar-refractivity contribution in [2.24, 2.45) is 10.8 Å². The Balaban J connectivity index is 1.46. The molecule has 0 saturated heterocycles. The second kappa shape index (κ2) is 10.6. The van der Waals surface area contributed by atoms with Crippen molar-refractivity contribution in [3.8, 4) is 0 Å². The summed E-state index contributed by atoms with van der Waals surface area (Å²) in [7, 11) is 0. The van der Waals surface area contributed by atoms with Crippen molar-refractivity contribution >= 4 is 22.5 Å². The first-order valence-electron chi connectivity index (χ1n) is 16.9. The lowest BCUT2D eigenvalue weighted by Crippen LogP contribution is -2.48. The predicted molar refractivity (Wildman–Crippen MR) is 179 cm³/mol. The number of aromatic nitrogens is 1. The maximum absolute atomic E-state index is 14.4. The Hall–Kier alpha value is -3.40. The summed E-state index contributed by atoms with van der Waals surface area (Å²) in [5.41, 5.74) is 10.2. The van der Waals surface area contributed by atoms with Crippen LogP contribution in [0.25, 0.3) is 10.9 Å². The van der Waals surface area contributed by atoms with Crippen LogP contribution in [-0.4, -0.2) is 27.1 Å². The summed E-state index contributed by atoms with van der Waals surface area (Å²) in [5.74, 6) is 0.160. The molecule has 230 valence electrons. The minimum atomic E-state index is -0.307. The Bertz CT molecular complexity index is 1690. The zero-order valence-corrected chi connectivity index (χ0v) is 27.6. The van der Waals surface area contributed by atoms with E-state index in [2.05, 4.69) is 99.7 Å². The Kier molecular flexibility index (Phi) is 7.06. The molecule has 3 aliphatic carbocycles. The van der Waals surface area contributed by atoms with E-state index in [0.29, 0.717) is 18.9 Å². The van der Waals surface area contributed by atoms with Gasteiger partial charge in [0.15, 0.2) is 11.6 Å². The number of hydrogen-bond acceptors (Lipinski definition) is 3. The van der Waals surface area contributed by atoms with Crippen molar-refractivity contribution in [1.29, 1.82) is 0 Å². The summed E-state index contributed by atoms with van der Waals surface area (Å²) in [6.45, 7) is 14.1. The standard InChI is InChI=1S/C40H48N2O2/c1-25-16-17-27(18-26(25)2)23-41-24-30(29-14-10-11-15-31(29)41)36-37-32(19-39(3,4)21-34(37)43)42(28-12-8-7-9-13-28)33-20-40(5,6)22-35(44)38(33)36/h10-11,14-18,24,28,36H,7-9,12-13,19-23H2,1-6H3. The highest BCUT2D eigenvalue weighted by Crippen LogP contribution is 2.56. The van der Waals surface area contributed by atoms with E-state index in [1.165, 1.54) is 47.3 Å². The molecule has 4 aliphatic rings. The van der Waals surface area contributed by atoms with Crippen LogP contribution in [-0.2, 0) is 16.1 Å². The quantitative estimate of drug-likeness (QED) is 0.305. The van der Waals surface area contributed by atoms with E-state index in [9.17, 15) is 9.59 Å². The SMILES string of the molecule is Cc1ccc(Cn2cc(C3C4=C(CC(C)(C)CC4=O)N(C4CCCCC4)C4=C3C(=O)CC(C)(C)C4)c3ccccc32)cc1C. The molecule has 4 nitrogen and oxygen atoms in total. The van der Waals surface area contributed by atoms with Gasteiger partial charge in [-0.1, -0.05) is 83.4 Å². The van der Waals surface area contributed by atoms with Gasteiger partial charge in [-0.2, -0.15) is 0 Å². The fourth-order valence-corrected chi connectivity index (χ4v) is 8.82. The number of Topliss-reactive ketones (excluding diaryl/α,β-unsaturated/α-hetero) is 2. The highest BCUT2D eigenvalue weighted by atomic mass is 16.1. The van der Waals surface area contributed by atoms with Gasteiger partial charge in [0.25, 0.3) is 0 Å². The van der Waals surface area contributed by atoms with Crippen molar-refractivity contribution in [2.75, 3.05) is 0 Å². The largest absolute Gasteiger partial charge is 0.345 e. The first-order chi connectivity index (χ1) is 20.9. The predicted octanol–water partition coefficient (Wildman–Crippen LogP) is 9.32. The fourth-order valence-electron chi connectivity index (χ4n) is 8.82. The van der Waals surface area contributed by atoms with Crippen LogP contribution >= 0.6 is 0 Å². The normalized spacial score (nSPS) is 22.5. The van der Waals surface area contributed by atoms with Crippen LogP contribution in [0.4, 0.5) is 0 Å². The van der Waals surface area contributed by atoms with E-state index in [1.54, 1.807) is 0 Å². The molecule has 0 N–H and O–H groups in total. The zero-order valence-electron chi connectivity index (χ0n) is 27.6. The van der Waals surface area contributed by atoms with E-state index in [4.69, 9.17) is 0 Å². The molecule has 1 aromatic heterocycles. The maximum Gasteiger partial charge on any atom is 0.162 e. The number of allylic oxidation sites excluding steroid dienone is 4. The average Bonchev–Trinajstić information content (AvgIpc) is 3.31. The van der Waals surface area contributed by atoms with Crippen LogP contribution in [0.3, 0.4) is 0 Å². The molecule has 1 fully saturated rings. The Morgan fingerprint density at radius 3 is 1.98 bits per heavy atom. The lowest BCUT2D eigenvalue weighted by molar-refractivity contribution is -0.119. The molecule has 0 unspecified atom stereocenters. The Morgan fingerprint density at radius 2 is 1.36 bits per heavy atom. The molecule has 44 heavy (non-hydrogen) atoms. The number of hydrogen-bond donors (Lipinski definition) is 0. The van der Waals surface area contributed by atoms with Crippen LogP contribution in [0.1, 0.15) is 114 Å². The van der Waals surface area contributed by atoms with Crippen molar-refractivity contribution in [3.05, 3.63) is 93.5 Å². The lowest BCUT2D eigenvalue weighted by atomic mass is 9.63. The van der Waals surface area contributed by atoms with Crippen LogP contribution < -0.4 is 0 Å². The van der Waals surface area contributed by atoms with Gasteiger partial charge >= 0.3 is 0 Å². The second-order valence-electron chi connectivity index (χ2n) is 15.8. The molecule has 0 atom stereocenters. The molecule has 7 rings (SSSR count). The Labute approximate surface area is 263 Å². The molecular weight excluding hydrogens is 540 g/mol. The fraction of sp³-hybridized carbons (Fsp3) is 0.500. The van der Waals surface area contributed by atoms with E-state index < -0.39 is 0 Å². The van der Waals surface area contributed by atoms with Gasteiger partial charge in [-0.05, 0) is 78.7 Å². The number of carbonyl (C=O) groups is 2. The highest BCUT2D eigenvalue weighted by Gasteiger charge is 2.50. The van der Waals surface area contributed by atoms with Gasteiger partial charge in [0.05, 0.1) is 0 Å². The van der Waals surface area contributed by atoms with Gasteiger partial charge < -0.3 is 9.47 Å².